The summed E-state index contributed by atoms with van der Waals surface area (Å²) >= 11 is 1.88. The molecule has 80 valence electrons. The average Bonchev–Trinajstić information content (AvgIpc) is 2.63. The van der Waals surface area contributed by atoms with Gasteiger partial charge in [0.15, 0.2) is 0 Å². The van der Waals surface area contributed by atoms with E-state index in [1.807, 2.05) is 28.7 Å². The minimum absolute atomic E-state index is 0.119. The lowest BCUT2D eigenvalue weighted by Crippen LogP contribution is -2.18. The maximum atomic E-state index is 6.07. The summed E-state index contributed by atoms with van der Waals surface area (Å²) in [7, 11) is 0. The van der Waals surface area contributed by atoms with Gasteiger partial charge in [0.25, 0.3) is 0 Å². The predicted octanol–water partition coefficient (Wildman–Crippen LogP) is 2.05. The summed E-state index contributed by atoms with van der Waals surface area (Å²) < 4.78 is 2.01. The van der Waals surface area contributed by atoms with Crippen molar-refractivity contribution in [2.75, 3.05) is 11.5 Å². The highest BCUT2D eigenvalue weighted by Gasteiger charge is 2.10. The van der Waals surface area contributed by atoms with Crippen molar-refractivity contribution in [3.63, 3.8) is 0 Å². The zero-order valence-electron chi connectivity index (χ0n) is 8.94. The predicted molar refractivity (Wildman–Crippen MR) is 62.4 cm³/mol. The molecule has 0 saturated heterocycles. The van der Waals surface area contributed by atoms with E-state index in [9.17, 15) is 0 Å². The zero-order valence-corrected chi connectivity index (χ0v) is 9.76. The third-order valence-electron chi connectivity index (χ3n) is 2.07. The van der Waals surface area contributed by atoms with E-state index >= 15 is 0 Å². The molecular weight excluding hydrogens is 194 g/mol. The molecule has 2 N–H and O–H groups in total. The lowest BCUT2D eigenvalue weighted by molar-refractivity contribution is 0.554. The van der Waals surface area contributed by atoms with Crippen molar-refractivity contribution < 1.29 is 0 Å². The lowest BCUT2D eigenvalue weighted by Gasteiger charge is -2.12. The molecule has 0 radical (unpaired) electrons. The van der Waals surface area contributed by atoms with Gasteiger partial charge >= 0.3 is 0 Å². The number of aromatic nitrogens is 2. The van der Waals surface area contributed by atoms with E-state index in [4.69, 9.17) is 5.73 Å². The number of hydrogen-bond acceptors (Lipinski definition) is 3. The number of rotatable bonds is 6. The Balaban J connectivity index is 2.58. The molecule has 1 aromatic rings. The second-order valence-corrected chi connectivity index (χ2v) is 4.56. The van der Waals surface area contributed by atoms with Crippen LogP contribution in [0.15, 0.2) is 12.3 Å². The molecule has 1 unspecified atom stereocenters. The monoisotopic (exact) mass is 213 g/mol. The van der Waals surface area contributed by atoms with Gasteiger partial charge in [0.05, 0.1) is 11.7 Å². The summed E-state index contributed by atoms with van der Waals surface area (Å²) in [6.07, 6.45) is 2.93. The van der Waals surface area contributed by atoms with Crippen LogP contribution >= 0.6 is 11.8 Å². The summed E-state index contributed by atoms with van der Waals surface area (Å²) in [6.45, 7) is 5.27. The fourth-order valence-corrected chi connectivity index (χ4v) is 2.05. The summed E-state index contributed by atoms with van der Waals surface area (Å²) in [5.74, 6) is 2.10. The summed E-state index contributed by atoms with van der Waals surface area (Å²) in [6, 6.07) is 2.14. The topological polar surface area (TPSA) is 43.8 Å². The molecule has 0 spiro atoms. The molecule has 0 fully saturated rings. The fraction of sp³-hybridized carbons (Fsp3) is 0.700. The van der Waals surface area contributed by atoms with Crippen molar-refractivity contribution in [3.8, 4) is 0 Å². The molecule has 1 rings (SSSR count). The Hall–Kier alpha value is -0.480. The lowest BCUT2D eigenvalue weighted by atomic mass is 10.2. The third-order valence-corrected chi connectivity index (χ3v) is 3.07. The van der Waals surface area contributed by atoms with Crippen molar-refractivity contribution in [1.29, 1.82) is 0 Å². The van der Waals surface area contributed by atoms with E-state index in [1.165, 1.54) is 0 Å². The maximum Gasteiger partial charge on any atom is 0.0559 e. The van der Waals surface area contributed by atoms with Crippen LogP contribution in [0.4, 0.5) is 0 Å². The van der Waals surface area contributed by atoms with E-state index < -0.39 is 0 Å². The first kappa shape index (κ1) is 11.6. The van der Waals surface area contributed by atoms with Crippen LogP contribution in [-0.4, -0.2) is 21.3 Å². The van der Waals surface area contributed by atoms with Gasteiger partial charge in [-0.25, -0.2) is 0 Å². The van der Waals surface area contributed by atoms with Crippen molar-refractivity contribution in [3.05, 3.63) is 18.0 Å². The van der Waals surface area contributed by atoms with Gasteiger partial charge in [-0.05, 0) is 18.2 Å². The van der Waals surface area contributed by atoms with Gasteiger partial charge in [-0.1, -0.05) is 13.8 Å². The highest BCUT2D eigenvalue weighted by atomic mass is 32.2. The highest BCUT2D eigenvalue weighted by Crippen LogP contribution is 2.15. The Morgan fingerprint density at radius 1 is 1.57 bits per heavy atom. The van der Waals surface area contributed by atoms with Gasteiger partial charge in [-0.3, -0.25) is 4.68 Å². The minimum atomic E-state index is 0.119. The average molecular weight is 213 g/mol. The van der Waals surface area contributed by atoms with Crippen LogP contribution in [0.3, 0.4) is 0 Å². The largest absolute Gasteiger partial charge is 0.322 e. The van der Waals surface area contributed by atoms with Crippen LogP contribution in [0, 0.1) is 0 Å². The van der Waals surface area contributed by atoms with Crippen LogP contribution in [0.1, 0.15) is 32.0 Å². The Kier molecular flexibility index (Phi) is 5.04. The normalized spacial score (nSPS) is 13.1. The van der Waals surface area contributed by atoms with Crippen molar-refractivity contribution in [2.24, 2.45) is 5.73 Å². The van der Waals surface area contributed by atoms with Crippen LogP contribution in [0.2, 0.25) is 0 Å². The number of thioether (sulfide) groups is 1. The molecule has 0 aliphatic heterocycles. The van der Waals surface area contributed by atoms with Gasteiger partial charge in [-0.2, -0.15) is 16.9 Å². The highest BCUT2D eigenvalue weighted by molar-refractivity contribution is 7.99. The molecule has 0 aromatic carbocycles. The Morgan fingerprint density at radius 2 is 2.36 bits per heavy atom. The van der Waals surface area contributed by atoms with Crippen molar-refractivity contribution in [2.45, 2.75) is 32.9 Å². The maximum absolute atomic E-state index is 6.07. The number of aryl methyl sites for hydroxylation is 1. The van der Waals surface area contributed by atoms with E-state index in [-0.39, 0.29) is 6.04 Å². The number of nitrogens with zero attached hydrogens (tertiary/aromatic N) is 2. The molecule has 0 aliphatic rings. The van der Waals surface area contributed by atoms with Gasteiger partial charge < -0.3 is 5.73 Å². The van der Waals surface area contributed by atoms with E-state index in [0.29, 0.717) is 0 Å². The molecule has 14 heavy (non-hydrogen) atoms. The van der Waals surface area contributed by atoms with Crippen molar-refractivity contribution in [1.82, 2.24) is 9.78 Å². The molecule has 1 heterocycles. The van der Waals surface area contributed by atoms with E-state index in [1.54, 1.807) is 0 Å². The standard InChI is InChI=1S/C10H19N3S/c1-3-7-13-10(5-6-12-13)9(11)8-14-4-2/h5-6,9H,3-4,7-8,11H2,1-2H3. The molecule has 1 atom stereocenters. The van der Waals surface area contributed by atoms with Crippen LogP contribution in [0.25, 0.3) is 0 Å². The van der Waals surface area contributed by atoms with Crippen molar-refractivity contribution >= 4 is 11.8 Å². The second-order valence-electron chi connectivity index (χ2n) is 3.25. The Labute approximate surface area is 90.1 Å². The number of hydrogen-bond donors (Lipinski definition) is 1. The van der Waals surface area contributed by atoms with Crippen LogP contribution < -0.4 is 5.73 Å². The molecule has 4 heteroatoms. The van der Waals surface area contributed by atoms with Gasteiger partial charge in [0.1, 0.15) is 0 Å². The molecular formula is C10H19N3S. The van der Waals surface area contributed by atoms with Crippen LogP contribution in [0.5, 0.6) is 0 Å². The quantitative estimate of drug-likeness (QED) is 0.786. The summed E-state index contributed by atoms with van der Waals surface area (Å²) in [5.41, 5.74) is 7.23. The fourth-order valence-electron chi connectivity index (χ4n) is 1.39. The second kappa shape index (κ2) is 6.09. The first-order valence-corrected chi connectivity index (χ1v) is 6.30. The first-order valence-electron chi connectivity index (χ1n) is 5.14. The number of nitrogens with two attached hydrogens (primary N) is 1. The van der Waals surface area contributed by atoms with E-state index in [2.05, 4.69) is 18.9 Å². The van der Waals surface area contributed by atoms with Gasteiger partial charge in [0, 0.05) is 18.5 Å². The first-order chi connectivity index (χ1) is 6.79. The summed E-state index contributed by atoms with van der Waals surface area (Å²) in [5, 5.41) is 4.26. The molecule has 1 aromatic heterocycles. The molecule has 3 nitrogen and oxygen atoms in total. The molecule has 0 aliphatic carbocycles. The van der Waals surface area contributed by atoms with Crippen LogP contribution in [-0.2, 0) is 6.54 Å². The smallest absolute Gasteiger partial charge is 0.0559 e. The molecule has 0 amide bonds. The van der Waals surface area contributed by atoms with Gasteiger partial charge in [0.2, 0.25) is 0 Å². The van der Waals surface area contributed by atoms with Gasteiger partial charge in [-0.15, -0.1) is 0 Å². The zero-order chi connectivity index (χ0) is 10.4. The minimum Gasteiger partial charge on any atom is -0.322 e. The Morgan fingerprint density at radius 3 is 3.00 bits per heavy atom. The Bertz CT molecular complexity index is 260. The van der Waals surface area contributed by atoms with E-state index in [0.717, 1.165) is 30.2 Å². The third kappa shape index (κ3) is 3.03. The SMILES string of the molecule is CCCn1nccc1C(N)CSCC. The summed E-state index contributed by atoms with van der Waals surface area (Å²) in [4.78, 5) is 0. The molecule has 0 saturated carbocycles. The molecule has 0 bridgehead atoms.